The van der Waals surface area contributed by atoms with Gasteiger partial charge in [-0.15, -0.1) is 12.3 Å². The third-order valence-corrected chi connectivity index (χ3v) is 5.70. The Morgan fingerprint density at radius 1 is 1.24 bits per heavy atom. The minimum Gasteiger partial charge on any atom is -0.497 e. The number of terminal acetylenes is 1. The normalized spacial score (nSPS) is 19.3. The lowest BCUT2D eigenvalue weighted by Crippen LogP contribution is -2.47. The van der Waals surface area contributed by atoms with E-state index in [-0.39, 0.29) is 11.9 Å². The van der Waals surface area contributed by atoms with Crippen LogP contribution in [0.4, 0.5) is 0 Å². The van der Waals surface area contributed by atoms with Crippen LogP contribution in [0.5, 0.6) is 5.75 Å². The molecule has 2 aliphatic rings. The molecule has 0 spiro atoms. The molecular formula is C22H31N5O2. The van der Waals surface area contributed by atoms with Crippen molar-refractivity contribution in [3.05, 3.63) is 29.8 Å². The van der Waals surface area contributed by atoms with E-state index < -0.39 is 5.66 Å². The molecule has 29 heavy (non-hydrogen) atoms. The number of hydrogen-bond donors (Lipinski definition) is 1. The molecule has 1 saturated heterocycles. The van der Waals surface area contributed by atoms with Crippen LogP contribution in [0, 0.1) is 12.3 Å². The van der Waals surface area contributed by atoms with Crippen LogP contribution in [0.2, 0.25) is 0 Å². The summed E-state index contributed by atoms with van der Waals surface area (Å²) < 4.78 is 5.27. The van der Waals surface area contributed by atoms with Crippen molar-refractivity contribution in [2.75, 3.05) is 46.9 Å². The summed E-state index contributed by atoms with van der Waals surface area (Å²) in [6.07, 6.45) is 7.70. The average molecular weight is 398 g/mol. The van der Waals surface area contributed by atoms with Crippen molar-refractivity contribution in [2.24, 2.45) is 10.2 Å². The number of amides is 1. The predicted molar refractivity (Wildman–Crippen MR) is 113 cm³/mol. The van der Waals surface area contributed by atoms with E-state index in [0.29, 0.717) is 19.3 Å². The second-order valence-electron chi connectivity index (χ2n) is 7.88. The highest BCUT2D eigenvalue weighted by Crippen LogP contribution is 2.37. The van der Waals surface area contributed by atoms with E-state index in [2.05, 4.69) is 38.3 Å². The van der Waals surface area contributed by atoms with Crippen LogP contribution in [0.3, 0.4) is 0 Å². The second kappa shape index (κ2) is 9.86. The van der Waals surface area contributed by atoms with Crippen molar-refractivity contribution in [3.63, 3.8) is 0 Å². The van der Waals surface area contributed by atoms with E-state index in [0.717, 1.165) is 50.5 Å². The Labute approximate surface area is 173 Å². The van der Waals surface area contributed by atoms with E-state index in [9.17, 15) is 4.79 Å². The first kappa shape index (κ1) is 21.3. The summed E-state index contributed by atoms with van der Waals surface area (Å²) >= 11 is 0. The quantitative estimate of drug-likeness (QED) is 0.616. The average Bonchev–Trinajstić information content (AvgIpc) is 3.52. The zero-order chi connectivity index (χ0) is 20.7. The standard InChI is InChI=1S/C22H31N5O2/c1-4-5-11-22(24-25-22)12-10-21(28)23-20(17-27-15-13-26(2)14-16-27)18-6-8-19(29-3)9-7-18/h1,6-9,20H,5,10-17H2,2-3H3,(H,23,28). The predicted octanol–water partition coefficient (Wildman–Crippen LogP) is 2.46. The van der Waals surface area contributed by atoms with Crippen LogP contribution < -0.4 is 10.1 Å². The molecule has 2 heterocycles. The van der Waals surface area contributed by atoms with Crippen LogP contribution in [-0.4, -0.2) is 68.3 Å². The first-order valence-corrected chi connectivity index (χ1v) is 10.3. The van der Waals surface area contributed by atoms with Gasteiger partial charge in [0.1, 0.15) is 5.75 Å². The zero-order valence-corrected chi connectivity index (χ0v) is 17.4. The number of piperazine rings is 1. The van der Waals surface area contributed by atoms with Gasteiger partial charge in [0, 0.05) is 58.4 Å². The van der Waals surface area contributed by atoms with E-state index >= 15 is 0 Å². The molecule has 7 heteroatoms. The number of ether oxygens (including phenoxy) is 1. The summed E-state index contributed by atoms with van der Waals surface area (Å²) in [6, 6.07) is 7.87. The minimum absolute atomic E-state index is 0.0253. The van der Waals surface area contributed by atoms with Gasteiger partial charge in [-0.25, -0.2) is 0 Å². The van der Waals surface area contributed by atoms with Crippen LogP contribution in [0.15, 0.2) is 34.5 Å². The first-order valence-electron chi connectivity index (χ1n) is 10.3. The van der Waals surface area contributed by atoms with Gasteiger partial charge in [-0.1, -0.05) is 12.1 Å². The summed E-state index contributed by atoms with van der Waals surface area (Å²) in [6.45, 7) is 4.90. The third-order valence-electron chi connectivity index (χ3n) is 5.70. The number of methoxy groups -OCH3 is 1. The van der Waals surface area contributed by atoms with Gasteiger partial charge in [0.15, 0.2) is 5.66 Å². The maximum absolute atomic E-state index is 12.7. The Kier molecular flexibility index (Phi) is 7.24. The van der Waals surface area contributed by atoms with Gasteiger partial charge in [0.25, 0.3) is 0 Å². The topological polar surface area (TPSA) is 69.5 Å². The molecule has 1 amide bonds. The number of likely N-dealkylation sites (N-methyl/N-ethyl adjacent to an activating group) is 1. The number of carbonyl (C=O) groups is 1. The Bertz CT molecular complexity index is 741. The summed E-state index contributed by atoms with van der Waals surface area (Å²) in [4.78, 5) is 17.4. The fourth-order valence-electron chi connectivity index (χ4n) is 3.61. The lowest BCUT2D eigenvalue weighted by atomic mass is 10.0. The van der Waals surface area contributed by atoms with Crippen molar-refractivity contribution < 1.29 is 9.53 Å². The molecule has 1 aromatic rings. The number of nitrogens with zero attached hydrogens (tertiary/aromatic N) is 4. The molecule has 3 rings (SSSR count). The number of rotatable bonds is 10. The zero-order valence-electron chi connectivity index (χ0n) is 17.4. The molecule has 1 N–H and O–H groups in total. The van der Waals surface area contributed by atoms with Crippen LogP contribution in [0.25, 0.3) is 0 Å². The van der Waals surface area contributed by atoms with Gasteiger partial charge in [0.05, 0.1) is 13.2 Å². The summed E-state index contributed by atoms with van der Waals surface area (Å²) in [7, 11) is 3.80. The maximum atomic E-state index is 12.7. The molecule has 7 nitrogen and oxygen atoms in total. The van der Waals surface area contributed by atoms with E-state index in [4.69, 9.17) is 11.2 Å². The Morgan fingerprint density at radius 2 is 1.93 bits per heavy atom. The van der Waals surface area contributed by atoms with E-state index in [1.807, 2.05) is 24.3 Å². The molecule has 0 aliphatic carbocycles. The fraction of sp³-hybridized carbons (Fsp3) is 0.591. The van der Waals surface area contributed by atoms with Crippen molar-refractivity contribution in [2.45, 2.75) is 37.4 Å². The minimum atomic E-state index is -0.420. The van der Waals surface area contributed by atoms with Gasteiger partial charge in [-0.05, 0) is 24.7 Å². The monoisotopic (exact) mass is 397 g/mol. The SMILES string of the molecule is C#CCCC1(CCC(=O)NC(CN2CCN(C)CC2)c2ccc(OC)cc2)N=N1. The highest BCUT2D eigenvalue weighted by Gasteiger charge is 2.39. The number of hydrogen-bond acceptors (Lipinski definition) is 6. The maximum Gasteiger partial charge on any atom is 0.220 e. The van der Waals surface area contributed by atoms with Crippen LogP contribution >= 0.6 is 0 Å². The summed E-state index contributed by atoms with van der Waals surface area (Å²) in [5.74, 6) is 3.46. The molecule has 1 fully saturated rings. The number of carbonyl (C=O) groups excluding carboxylic acids is 1. The van der Waals surface area contributed by atoms with Gasteiger partial charge in [-0.2, -0.15) is 10.2 Å². The lowest BCUT2D eigenvalue weighted by Gasteiger charge is -2.35. The molecular weight excluding hydrogens is 366 g/mol. The highest BCUT2D eigenvalue weighted by molar-refractivity contribution is 5.76. The van der Waals surface area contributed by atoms with Gasteiger partial charge >= 0.3 is 0 Å². The molecule has 156 valence electrons. The molecule has 1 atom stereocenters. The van der Waals surface area contributed by atoms with Crippen molar-refractivity contribution >= 4 is 5.91 Å². The first-order chi connectivity index (χ1) is 14.0. The molecule has 1 aromatic carbocycles. The number of benzene rings is 1. The Morgan fingerprint density at radius 3 is 2.52 bits per heavy atom. The van der Waals surface area contributed by atoms with Gasteiger partial charge < -0.3 is 15.0 Å². The van der Waals surface area contributed by atoms with Crippen LogP contribution in [-0.2, 0) is 4.79 Å². The molecule has 0 aromatic heterocycles. The molecule has 0 saturated carbocycles. The lowest BCUT2D eigenvalue weighted by molar-refractivity contribution is -0.122. The van der Waals surface area contributed by atoms with Crippen molar-refractivity contribution in [1.82, 2.24) is 15.1 Å². The highest BCUT2D eigenvalue weighted by atomic mass is 16.5. The molecule has 0 bridgehead atoms. The third kappa shape index (κ3) is 6.28. The summed E-state index contributed by atoms with van der Waals surface area (Å²) in [5.41, 5.74) is 0.664. The van der Waals surface area contributed by atoms with Gasteiger partial charge in [0.2, 0.25) is 5.91 Å². The van der Waals surface area contributed by atoms with Crippen LogP contribution in [0.1, 0.15) is 37.3 Å². The van der Waals surface area contributed by atoms with E-state index in [1.54, 1.807) is 7.11 Å². The Balaban J connectivity index is 1.59. The number of nitrogens with one attached hydrogen (secondary N) is 1. The Hall–Kier alpha value is -2.43. The summed E-state index contributed by atoms with van der Waals surface area (Å²) in [5, 5.41) is 11.5. The van der Waals surface area contributed by atoms with E-state index in [1.165, 1.54) is 0 Å². The fourth-order valence-corrected chi connectivity index (χ4v) is 3.61. The smallest absolute Gasteiger partial charge is 0.220 e. The molecule has 2 aliphatic heterocycles. The largest absolute Gasteiger partial charge is 0.497 e. The van der Waals surface area contributed by atoms with Crippen molar-refractivity contribution in [1.29, 1.82) is 0 Å². The molecule has 1 unspecified atom stereocenters. The van der Waals surface area contributed by atoms with Gasteiger partial charge in [-0.3, -0.25) is 9.69 Å². The molecule has 0 radical (unpaired) electrons. The van der Waals surface area contributed by atoms with Crippen molar-refractivity contribution in [3.8, 4) is 18.1 Å². The second-order valence-corrected chi connectivity index (χ2v) is 7.88.